The highest BCUT2D eigenvalue weighted by atomic mass is 79.9. The third kappa shape index (κ3) is 3.56. The Morgan fingerprint density at radius 1 is 1.50 bits per heavy atom. The number of hydrogen-bond acceptors (Lipinski definition) is 3. The molecule has 0 saturated carbocycles. The normalized spacial score (nSPS) is 25.8. The largest absolute Gasteiger partial charge is 0.311 e. The zero-order chi connectivity index (χ0) is 13.1. The number of nitrogens with one attached hydrogen (secondary N) is 1. The quantitative estimate of drug-likeness (QED) is 0.905. The molecule has 2 atom stereocenters. The van der Waals surface area contributed by atoms with Crippen molar-refractivity contribution in [1.29, 1.82) is 0 Å². The monoisotopic (exact) mass is 330 g/mol. The van der Waals surface area contributed by atoms with E-state index in [9.17, 15) is 0 Å². The van der Waals surface area contributed by atoms with E-state index in [2.05, 4.69) is 59.1 Å². The van der Waals surface area contributed by atoms with E-state index in [0.29, 0.717) is 18.0 Å². The Balaban J connectivity index is 2.04. The van der Waals surface area contributed by atoms with Crippen LogP contribution in [0.5, 0.6) is 0 Å². The summed E-state index contributed by atoms with van der Waals surface area (Å²) in [6, 6.07) is 5.72. The number of hydrogen-bond donors (Lipinski definition) is 1. The fourth-order valence-electron chi connectivity index (χ4n) is 2.65. The van der Waals surface area contributed by atoms with Crippen molar-refractivity contribution < 1.29 is 0 Å². The number of thiophene rings is 1. The van der Waals surface area contributed by atoms with E-state index in [1.807, 2.05) is 11.3 Å². The minimum absolute atomic E-state index is 0.656. The van der Waals surface area contributed by atoms with E-state index >= 15 is 0 Å². The molecule has 0 spiro atoms. The van der Waals surface area contributed by atoms with Gasteiger partial charge in [0.1, 0.15) is 0 Å². The smallest absolute Gasteiger partial charge is 0.0701 e. The van der Waals surface area contributed by atoms with Gasteiger partial charge in [0.2, 0.25) is 0 Å². The first-order valence-electron chi connectivity index (χ1n) is 6.81. The molecular formula is C14H23BrN2S. The summed E-state index contributed by atoms with van der Waals surface area (Å²) in [5, 5.41) is 3.67. The molecule has 1 N–H and O–H groups in total. The highest BCUT2D eigenvalue weighted by molar-refractivity contribution is 9.11. The van der Waals surface area contributed by atoms with Crippen molar-refractivity contribution in [3.63, 3.8) is 0 Å². The molecule has 0 aliphatic carbocycles. The summed E-state index contributed by atoms with van der Waals surface area (Å²) >= 11 is 5.41. The maximum atomic E-state index is 3.67. The summed E-state index contributed by atoms with van der Waals surface area (Å²) in [7, 11) is 0. The van der Waals surface area contributed by atoms with Crippen LogP contribution in [-0.4, -0.2) is 30.1 Å². The minimum Gasteiger partial charge on any atom is -0.311 e. The molecule has 2 rings (SSSR count). The van der Waals surface area contributed by atoms with Crippen LogP contribution in [0.2, 0.25) is 0 Å². The van der Waals surface area contributed by atoms with Gasteiger partial charge < -0.3 is 5.32 Å². The zero-order valence-electron chi connectivity index (χ0n) is 11.4. The summed E-state index contributed by atoms with van der Waals surface area (Å²) < 4.78 is 1.24. The van der Waals surface area contributed by atoms with Crippen molar-refractivity contribution in [2.75, 3.05) is 13.1 Å². The zero-order valence-corrected chi connectivity index (χ0v) is 13.9. The lowest BCUT2D eigenvalue weighted by Crippen LogP contribution is -2.57. The van der Waals surface area contributed by atoms with Crippen molar-refractivity contribution in [2.45, 2.75) is 45.8 Å². The third-order valence-corrected chi connectivity index (χ3v) is 5.40. The molecule has 2 nitrogen and oxygen atoms in total. The van der Waals surface area contributed by atoms with Crippen molar-refractivity contribution >= 4 is 27.3 Å². The summed E-state index contributed by atoms with van der Waals surface area (Å²) in [5.41, 5.74) is 0. The van der Waals surface area contributed by atoms with Gasteiger partial charge in [0.15, 0.2) is 0 Å². The second-order valence-electron chi connectivity index (χ2n) is 5.46. The van der Waals surface area contributed by atoms with Gasteiger partial charge in [0, 0.05) is 36.6 Å². The second kappa shape index (κ2) is 6.51. The third-order valence-electron chi connectivity index (χ3n) is 3.79. The summed E-state index contributed by atoms with van der Waals surface area (Å²) in [5.74, 6) is 0.707. The topological polar surface area (TPSA) is 15.3 Å². The molecule has 0 bridgehead atoms. The van der Waals surface area contributed by atoms with Crippen LogP contribution in [0.4, 0.5) is 0 Å². The summed E-state index contributed by atoms with van der Waals surface area (Å²) in [6.07, 6.45) is 1.22. The average molecular weight is 331 g/mol. The van der Waals surface area contributed by atoms with Crippen molar-refractivity contribution in [1.82, 2.24) is 10.2 Å². The van der Waals surface area contributed by atoms with Crippen LogP contribution in [-0.2, 0) is 6.54 Å². The first kappa shape index (κ1) is 14.5. The van der Waals surface area contributed by atoms with E-state index < -0.39 is 0 Å². The fraction of sp³-hybridized carbons (Fsp3) is 0.714. The van der Waals surface area contributed by atoms with E-state index in [0.717, 1.165) is 13.1 Å². The lowest BCUT2D eigenvalue weighted by molar-refractivity contribution is 0.0910. The van der Waals surface area contributed by atoms with Crippen LogP contribution in [0.1, 0.15) is 32.1 Å². The molecule has 102 valence electrons. The standard InChI is InChI=1S/C14H23BrN2S/c1-4-11-8-17(13(7-16-11)10(2)3)9-12-5-6-14(15)18-12/h5-6,10-11,13,16H,4,7-9H2,1-3H3. The molecule has 4 heteroatoms. The molecule has 0 amide bonds. The lowest BCUT2D eigenvalue weighted by Gasteiger charge is -2.42. The van der Waals surface area contributed by atoms with Crippen LogP contribution in [0, 0.1) is 5.92 Å². The van der Waals surface area contributed by atoms with Gasteiger partial charge in [-0.05, 0) is 40.4 Å². The Hall–Kier alpha value is 0.1000. The van der Waals surface area contributed by atoms with Gasteiger partial charge in [-0.2, -0.15) is 0 Å². The molecule has 1 aliphatic rings. The highest BCUT2D eigenvalue weighted by Crippen LogP contribution is 2.26. The molecule has 1 fully saturated rings. The van der Waals surface area contributed by atoms with Gasteiger partial charge >= 0.3 is 0 Å². The number of nitrogens with zero attached hydrogens (tertiary/aromatic N) is 1. The Bertz CT molecular complexity index is 378. The molecule has 1 aliphatic heterocycles. The van der Waals surface area contributed by atoms with Gasteiger partial charge in [-0.3, -0.25) is 4.90 Å². The maximum Gasteiger partial charge on any atom is 0.0701 e. The van der Waals surface area contributed by atoms with Gasteiger partial charge in [-0.15, -0.1) is 11.3 Å². The SMILES string of the molecule is CCC1CN(Cc2ccc(Br)s2)C(C(C)C)CN1. The first-order valence-corrected chi connectivity index (χ1v) is 8.42. The predicted molar refractivity (Wildman–Crippen MR) is 83.1 cm³/mol. The predicted octanol–water partition coefficient (Wildman–Crippen LogP) is 3.72. The van der Waals surface area contributed by atoms with Gasteiger partial charge in [0.05, 0.1) is 3.79 Å². The van der Waals surface area contributed by atoms with E-state index in [1.165, 1.54) is 21.6 Å². The first-order chi connectivity index (χ1) is 8.60. The van der Waals surface area contributed by atoms with Crippen LogP contribution in [0.3, 0.4) is 0 Å². The molecule has 0 radical (unpaired) electrons. The lowest BCUT2D eigenvalue weighted by atomic mass is 9.97. The van der Waals surface area contributed by atoms with Crippen molar-refractivity contribution in [3.8, 4) is 0 Å². The van der Waals surface area contributed by atoms with Crippen LogP contribution in [0.15, 0.2) is 15.9 Å². The van der Waals surface area contributed by atoms with Gasteiger partial charge in [-0.1, -0.05) is 20.8 Å². The van der Waals surface area contributed by atoms with Crippen LogP contribution < -0.4 is 5.32 Å². The molecule has 0 aromatic carbocycles. The Labute approximate surface area is 123 Å². The van der Waals surface area contributed by atoms with Crippen LogP contribution >= 0.6 is 27.3 Å². The molecule has 1 aromatic heterocycles. The molecule has 2 unspecified atom stereocenters. The molecule has 18 heavy (non-hydrogen) atoms. The number of halogens is 1. The minimum atomic E-state index is 0.656. The second-order valence-corrected chi connectivity index (χ2v) is 8.01. The fourth-order valence-corrected chi connectivity index (χ4v) is 4.16. The van der Waals surface area contributed by atoms with Crippen molar-refractivity contribution in [3.05, 3.63) is 20.8 Å². The average Bonchev–Trinajstić information content (AvgIpc) is 2.74. The highest BCUT2D eigenvalue weighted by Gasteiger charge is 2.29. The molecule has 2 heterocycles. The van der Waals surface area contributed by atoms with E-state index in [-0.39, 0.29) is 0 Å². The number of rotatable bonds is 4. The molecule has 1 aromatic rings. The van der Waals surface area contributed by atoms with E-state index in [1.54, 1.807) is 0 Å². The summed E-state index contributed by atoms with van der Waals surface area (Å²) in [4.78, 5) is 4.12. The van der Waals surface area contributed by atoms with E-state index in [4.69, 9.17) is 0 Å². The number of piperazine rings is 1. The summed E-state index contributed by atoms with van der Waals surface area (Å²) in [6.45, 7) is 10.3. The van der Waals surface area contributed by atoms with Gasteiger partial charge in [0.25, 0.3) is 0 Å². The Morgan fingerprint density at radius 2 is 2.28 bits per heavy atom. The Morgan fingerprint density at radius 3 is 2.83 bits per heavy atom. The van der Waals surface area contributed by atoms with Crippen molar-refractivity contribution in [2.24, 2.45) is 5.92 Å². The van der Waals surface area contributed by atoms with Crippen LogP contribution in [0.25, 0.3) is 0 Å². The van der Waals surface area contributed by atoms with Gasteiger partial charge in [-0.25, -0.2) is 0 Å². The molecular weight excluding hydrogens is 308 g/mol. The Kier molecular flexibility index (Phi) is 5.24. The maximum absolute atomic E-state index is 3.67. The molecule has 1 saturated heterocycles.